The number of halogens is 1. The summed E-state index contributed by atoms with van der Waals surface area (Å²) in [6, 6.07) is 5.11. The molecule has 19 heavy (non-hydrogen) atoms. The summed E-state index contributed by atoms with van der Waals surface area (Å²) in [4.78, 5) is 2.49. The Hall–Kier alpha value is -0.650. The van der Waals surface area contributed by atoms with Crippen molar-refractivity contribution in [2.45, 2.75) is 25.9 Å². The van der Waals surface area contributed by atoms with Gasteiger partial charge in [-0.15, -0.1) is 0 Å². The molecule has 1 aromatic carbocycles. The molecule has 2 nitrogen and oxygen atoms in total. The van der Waals surface area contributed by atoms with E-state index in [0.717, 1.165) is 24.3 Å². The standard InChI is InChI=1S/C14H21FN2S2/c1-10(6-7-19-3)17(2)9-11-4-5-12(15)8-13(11)14(16)18/h4-5,8,10H,6-7,9H2,1-3H3,(H2,16,18). The second-order valence-electron chi connectivity index (χ2n) is 4.71. The third-order valence-corrected chi connectivity index (χ3v) is 4.11. The average molecular weight is 300 g/mol. The van der Waals surface area contributed by atoms with Gasteiger partial charge in [0.05, 0.1) is 0 Å². The third kappa shape index (κ3) is 5.09. The summed E-state index contributed by atoms with van der Waals surface area (Å²) in [7, 11) is 2.07. The highest BCUT2D eigenvalue weighted by molar-refractivity contribution is 7.98. The van der Waals surface area contributed by atoms with Gasteiger partial charge < -0.3 is 5.73 Å². The van der Waals surface area contributed by atoms with E-state index in [1.807, 2.05) is 11.8 Å². The van der Waals surface area contributed by atoms with Gasteiger partial charge in [0.1, 0.15) is 10.8 Å². The lowest BCUT2D eigenvalue weighted by Crippen LogP contribution is -2.30. The fraction of sp³-hybridized carbons (Fsp3) is 0.500. The minimum absolute atomic E-state index is 0.250. The van der Waals surface area contributed by atoms with E-state index in [1.54, 1.807) is 6.07 Å². The molecule has 5 heteroatoms. The van der Waals surface area contributed by atoms with Gasteiger partial charge in [-0.3, -0.25) is 4.90 Å². The number of nitrogens with zero attached hydrogens (tertiary/aromatic N) is 1. The van der Waals surface area contributed by atoms with Gasteiger partial charge in [0.15, 0.2) is 0 Å². The van der Waals surface area contributed by atoms with E-state index < -0.39 is 0 Å². The maximum atomic E-state index is 13.2. The van der Waals surface area contributed by atoms with Gasteiger partial charge in [-0.2, -0.15) is 11.8 Å². The van der Waals surface area contributed by atoms with Gasteiger partial charge in [-0.25, -0.2) is 4.39 Å². The highest BCUT2D eigenvalue weighted by Gasteiger charge is 2.13. The highest BCUT2D eigenvalue weighted by atomic mass is 32.2. The van der Waals surface area contributed by atoms with Crippen LogP contribution in [-0.4, -0.2) is 35.0 Å². The van der Waals surface area contributed by atoms with E-state index in [1.165, 1.54) is 12.1 Å². The molecule has 106 valence electrons. The molecule has 0 heterocycles. The molecular weight excluding hydrogens is 279 g/mol. The maximum Gasteiger partial charge on any atom is 0.123 e. The minimum Gasteiger partial charge on any atom is -0.389 e. The van der Waals surface area contributed by atoms with Crippen molar-refractivity contribution >= 4 is 29.0 Å². The van der Waals surface area contributed by atoms with Crippen molar-refractivity contribution in [3.05, 3.63) is 35.1 Å². The van der Waals surface area contributed by atoms with Crippen molar-refractivity contribution in [2.24, 2.45) is 5.73 Å². The van der Waals surface area contributed by atoms with Gasteiger partial charge in [0, 0.05) is 18.2 Å². The predicted octanol–water partition coefficient (Wildman–Crippen LogP) is 3.03. The Bertz CT molecular complexity index is 437. The van der Waals surface area contributed by atoms with E-state index in [2.05, 4.69) is 25.1 Å². The van der Waals surface area contributed by atoms with E-state index in [0.29, 0.717) is 11.6 Å². The molecule has 0 fully saturated rings. The molecule has 0 amide bonds. The largest absolute Gasteiger partial charge is 0.389 e. The third-order valence-electron chi connectivity index (χ3n) is 3.25. The van der Waals surface area contributed by atoms with Crippen LogP contribution in [0.2, 0.25) is 0 Å². The lowest BCUT2D eigenvalue weighted by Gasteiger charge is -2.25. The minimum atomic E-state index is -0.301. The van der Waals surface area contributed by atoms with E-state index in [4.69, 9.17) is 18.0 Å². The van der Waals surface area contributed by atoms with Crippen molar-refractivity contribution in [3.8, 4) is 0 Å². The molecular formula is C14H21FN2S2. The SMILES string of the molecule is CSCCC(C)N(C)Cc1ccc(F)cc1C(N)=S. The first-order valence-corrected chi connectivity index (χ1v) is 8.03. The van der Waals surface area contributed by atoms with Gasteiger partial charge in [-0.1, -0.05) is 18.3 Å². The number of hydrogen-bond acceptors (Lipinski definition) is 3. The van der Waals surface area contributed by atoms with Crippen molar-refractivity contribution in [1.82, 2.24) is 4.90 Å². The predicted molar refractivity (Wildman–Crippen MR) is 86.2 cm³/mol. The Morgan fingerprint density at radius 2 is 2.21 bits per heavy atom. The Labute approximate surface area is 124 Å². The molecule has 1 atom stereocenters. The lowest BCUT2D eigenvalue weighted by molar-refractivity contribution is 0.245. The van der Waals surface area contributed by atoms with Crippen molar-refractivity contribution in [2.75, 3.05) is 19.1 Å². The molecule has 1 unspecified atom stereocenters. The zero-order chi connectivity index (χ0) is 14.4. The number of thiocarbonyl (C=S) groups is 1. The van der Waals surface area contributed by atoms with Crippen molar-refractivity contribution in [3.63, 3.8) is 0 Å². The molecule has 0 saturated carbocycles. The monoisotopic (exact) mass is 300 g/mol. The molecule has 0 bridgehead atoms. The first kappa shape index (κ1) is 16.4. The van der Waals surface area contributed by atoms with Crippen LogP contribution in [0.5, 0.6) is 0 Å². The maximum absolute atomic E-state index is 13.2. The molecule has 0 aliphatic heterocycles. The van der Waals surface area contributed by atoms with Crippen LogP contribution >= 0.6 is 24.0 Å². The van der Waals surface area contributed by atoms with Gasteiger partial charge in [-0.05, 0) is 50.1 Å². The number of benzene rings is 1. The number of hydrogen-bond donors (Lipinski definition) is 1. The van der Waals surface area contributed by atoms with Crippen LogP contribution in [0, 0.1) is 5.82 Å². The normalized spacial score (nSPS) is 12.7. The summed E-state index contributed by atoms with van der Waals surface area (Å²) in [5.41, 5.74) is 7.28. The molecule has 1 rings (SSSR count). The molecule has 0 aliphatic carbocycles. The zero-order valence-corrected chi connectivity index (χ0v) is 13.3. The number of rotatable bonds is 7. The molecule has 0 spiro atoms. The molecule has 0 aliphatic rings. The first-order chi connectivity index (χ1) is 8.95. The summed E-state index contributed by atoms with van der Waals surface area (Å²) in [6.07, 6.45) is 3.24. The lowest BCUT2D eigenvalue weighted by atomic mass is 10.1. The van der Waals surface area contributed by atoms with Crippen molar-refractivity contribution < 1.29 is 4.39 Å². The van der Waals surface area contributed by atoms with Gasteiger partial charge in [0.25, 0.3) is 0 Å². The van der Waals surface area contributed by atoms with Crippen LogP contribution in [0.3, 0.4) is 0 Å². The Morgan fingerprint density at radius 3 is 2.79 bits per heavy atom. The summed E-state index contributed by atoms with van der Waals surface area (Å²) >= 11 is 6.83. The van der Waals surface area contributed by atoms with Crippen LogP contribution in [-0.2, 0) is 6.54 Å². The van der Waals surface area contributed by atoms with Gasteiger partial charge >= 0.3 is 0 Å². The fourth-order valence-corrected chi connectivity index (χ4v) is 2.62. The summed E-state index contributed by atoms with van der Waals surface area (Å²) in [5, 5.41) is 0. The first-order valence-electron chi connectivity index (χ1n) is 6.23. The zero-order valence-electron chi connectivity index (χ0n) is 11.6. The number of nitrogens with two attached hydrogens (primary N) is 1. The Balaban J connectivity index is 2.78. The second kappa shape index (κ2) is 7.82. The summed E-state index contributed by atoms with van der Waals surface area (Å²) in [5.74, 6) is 0.835. The van der Waals surface area contributed by atoms with E-state index >= 15 is 0 Å². The molecule has 0 aromatic heterocycles. The smallest absolute Gasteiger partial charge is 0.123 e. The molecule has 0 saturated heterocycles. The van der Waals surface area contributed by atoms with Crippen molar-refractivity contribution in [1.29, 1.82) is 0 Å². The van der Waals surface area contributed by atoms with Crippen LogP contribution in [0.4, 0.5) is 4.39 Å². The highest BCUT2D eigenvalue weighted by Crippen LogP contribution is 2.16. The average Bonchev–Trinajstić information content (AvgIpc) is 2.37. The topological polar surface area (TPSA) is 29.3 Å². The fourth-order valence-electron chi connectivity index (χ4n) is 1.85. The van der Waals surface area contributed by atoms with Crippen LogP contribution in [0.15, 0.2) is 18.2 Å². The molecule has 2 N–H and O–H groups in total. The summed E-state index contributed by atoms with van der Waals surface area (Å²) < 4.78 is 13.2. The number of thioether (sulfide) groups is 1. The van der Waals surface area contributed by atoms with Gasteiger partial charge in [0.2, 0.25) is 0 Å². The second-order valence-corrected chi connectivity index (χ2v) is 6.14. The van der Waals surface area contributed by atoms with Crippen LogP contribution in [0.1, 0.15) is 24.5 Å². The van der Waals surface area contributed by atoms with E-state index in [9.17, 15) is 4.39 Å². The Kier molecular flexibility index (Phi) is 6.75. The quantitative estimate of drug-likeness (QED) is 0.784. The summed E-state index contributed by atoms with van der Waals surface area (Å²) in [6.45, 7) is 2.92. The van der Waals surface area contributed by atoms with Crippen LogP contribution < -0.4 is 5.73 Å². The Morgan fingerprint density at radius 1 is 1.53 bits per heavy atom. The molecule has 1 aromatic rings. The van der Waals surface area contributed by atoms with Crippen LogP contribution in [0.25, 0.3) is 0 Å². The molecule has 0 radical (unpaired) electrons. The van der Waals surface area contributed by atoms with E-state index in [-0.39, 0.29) is 10.8 Å².